The van der Waals surface area contributed by atoms with Crippen LogP contribution in [0.5, 0.6) is 0 Å². The second kappa shape index (κ2) is 6.41. The molecule has 1 nitrogen and oxygen atoms in total. The second-order valence-electron chi connectivity index (χ2n) is 2.62. The third kappa shape index (κ3) is 3.02. The first-order valence-corrected chi connectivity index (χ1v) is 4.83. The molecule has 0 radical (unpaired) electrons. The minimum absolute atomic E-state index is 0.856. The van der Waals surface area contributed by atoms with Gasteiger partial charge >= 0.3 is 0 Å². The Labute approximate surface area is 80.8 Å². The Bertz CT molecular complexity index is 264. The molecule has 1 aromatic carbocycles. The monoisotopic (exact) mass is 178 g/mol. The van der Waals surface area contributed by atoms with Crippen molar-refractivity contribution in [1.82, 2.24) is 0 Å². The summed E-state index contributed by atoms with van der Waals surface area (Å²) in [5.74, 6) is 0. The number of aryl methyl sites for hydroxylation is 2. The van der Waals surface area contributed by atoms with E-state index in [1.54, 1.807) is 0 Å². The van der Waals surface area contributed by atoms with Gasteiger partial charge in [-0.25, -0.2) is 0 Å². The minimum atomic E-state index is 0.856. The fraction of sp³-hybridized carbons (Fsp3) is 0.417. The number of rotatable bonds is 2. The quantitative estimate of drug-likeness (QED) is 0.634. The van der Waals surface area contributed by atoms with E-state index in [-0.39, 0.29) is 0 Å². The number of hydrogen-bond donors (Lipinski definition) is 0. The first kappa shape index (κ1) is 11.9. The lowest BCUT2D eigenvalue weighted by atomic mass is 10.0. The van der Waals surface area contributed by atoms with Gasteiger partial charge in [0, 0.05) is 5.56 Å². The van der Waals surface area contributed by atoms with E-state index in [1.165, 1.54) is 0 Å². The van der Waals surface area contributed by atoms with Crippen LogP contribution in [-0.4, -0.2) is 6.29 Å². The summed E-state index contributed by atoms with van der Waals surface area (Å²) in [6, 6.07) is 5.95. The van der Waals surface area contributed by atoms with E-state index in [0.717, 1.165) is 29.4 Å². The molecule has 1 aromatic rings. The zero-order valence-corrected chi connectivity index (χ0v) is 8.92. The van der Waals surface area contributed by atoms with Gasteiger partial charge in [0.25, 0.3) is 0 Å². The molecule has 0 unspecified atom stereocenters. The van der Waals surface area contributed by atoms with Crippen molar-refractivity contribution in [2.45, 2.75) is 34.1 Å². The van der Waals surface area contributed by atoms with Gasteiger partial charge in [0.2, 0.25) is 0 Å². The number of aldehydes is 1. The standard InChI is InChI=1S/C10H12O.C2H6/c1-3-9-6-4-5-8(2)10(9)7-11;1-2/h4-7H,3H2,1-2H3;1-2H3. The predicted molar refractivity (Wildman–Crippen MR) is 57.3 cm³/mol. The molecule has 0 aliphatic rings. The van der Waals surface area contributed by atoms with Gasteiger partial charge in [-0.2, -0.15) is 0 Å². The summed E-state index contributed by atoms with van der Waals surface area (Å²) in [5, 5.41) is 0. The highest BCUT2D eigenvalue weighted by Crippen LogP contribution is 2.11. The van der Waals surface area contributed by atoms with E-state index in [4.69, 9.17) is 0 Å². The van der Waals surface area contributed by atoms with Crippen molar-refractivity contribution in [3.8, 4) is 0 Å². The zero-order chi connectivity index (χ0) is 10.3. The first-order chi connectivity index (χ1) is 6.29. The molecule has 0 aliphatic carbocycles. The molecule has 0 heterocycles. The molecule has 0 N–H and O–H groups in total. The highest BCUT2D eigenvalue weighted by Gasteiger charge is 2.00. The van der Waals surface area contributed by atoms with Crippen LogP contribution >= 0.6 is 0 Å². The van der Waals surface area contributed by atoms with Crippen molar-refractivity contribution in [2.24, 2.45) is 0 Å². The zero-order valence-electron chi connectivity index (χ0n) is 8.92. The van der Waals surface area contributed by atoms with Gasteiger partial charge in [0.05, 0.1) is 0 Å². The van der Waals surface area contributed by atoms with Gasteiger partial charge < -0.3 is 0 Å². The van der Waals surface area contributed by atoms with Gasteiger partial charge in [-0.15, -0.1) is 0 Å². The van der Waals surface area contributed by atoms with Gasteiger partial charge in [-0.05, 0) is 24.5 Å². The third-order valence-corrected chi connectivity index (χ3v) is 1.91. The number of benzene rings is 1. The maximum absolute atomic E-state index is 10.6. The first-order valence-electron chi connectivity index (χ1n) is 4.83. The molecule has 0 fully saturated rings. The van der Waals surface area contributed by atoms with Gasteiger partial charge in [-0.3, -0.25) is 4.79 Å². The molecule has 0 aromatic heterocycles. The Kier molecular flexibility index (Phi) is 5.86. The average Bonchev–Trinajstić information content (AvgIpc) is 2.20. The second-order valence-corrected chi connectivity index (χ2v) is 2.62. The normalized spacial score (nSPS) is 8.62. The molecule has 1 rings (SSSR count). The largest absolute Gasteiger partial charge is 0.298 e. The van der Waals surface area contributed by atoms with Crippen molar-refractivity contribution in [1.29, 1.82) is 0 Å². The van der Waals surface area contributed by atoms with E-state index in [9.17, 15) is 4.79 Å². The van der Waals surface area contributed by atoms with E-state index in [0.29, 0.717) is 0 Å². The molecule has 1 heteroatoms. The van der Waals surface area contributed by atoms with Crippen LogP contribution in [0.15, 0.2) is 18.2 Å². The summed E-state index contributed by atoms with van der Waals surface area (Å²) in [4.78, 5) is 10.6. The molecule has 0 saturated carbocycles. The Morgan fingerprint density at radius 1 is 1.31 bits per heavy atom. The Hall–Kier alpha value is -1.11. The fourth-order valence-electron chi connectivity index (χ4n) is 1.22. The van der Waals surface area contributed by atoms with Crippen LogP contribution in [-0.2, 0) is 6.42 Å². The van der Waals surface area contributed by atoms with Crippen molar-refractivity contribution < 1.29 is 4.79 Å². The summed E-state index contributed by atoms with van der Waals surface area (Å²) < 4.78 is 0. The molecule has 0 atom stereocenters. The van der Waals surface area contributed by atoms with Crippen LogP contribution in [0.2, 0.25) is 0 Å². The lowest BCUT2D eigenvalue weighted by Crippen LogP contribution is -1.93. The van der Waals surface area contributed by atoms with Gasteiger partial charge in [-0.1, -0.05) is 39.0 Å². The van der Waals surface area contributed by atoms with Crippen molar-refractivity contribution in [3.05, 3.63) is 34.9 Å². The smallest absolute Gasteiger partial charge is 0.150 e. The maximum atomic E-state index is 10.6. The van der Waals surface area contributed by atoms with E-state index in [2.05, 4.69) is 6.92 Å². The van der Waals surface area contributed by atoms with Crippen LogP contribution in [0.1, 0.15) is 42.3 Å². The average molecular weight is 178 g/mol. The molecule has 0 saturated heterocycles. The van der Waals surface area contributed by atoms with Crippen molar-refractivity contribution in [2.75, 3.05) is 0 Å². The summed E-state index contributed by atoms with van der Waals surface area (Å²) in [7, 11) is 0. The Morgan fingerprint density at radius 2 is 1.92 bits per heavy atom. The van der Waals surface area contributed by atoms with Crippen LogP contribution in [0, 0.1) is 6.92 Å². The van der Waals surface area contributed by atoms with Crippen LogP contribution in [0.3, 0.4) is 0 Å². The summed E-state index contributed by atoms with van der Waals surface area (Å²) in [6.45, 7) is 8.02. The fourth-order valence-corrected chi connectivity index (χ4v) is 1.22. The van der Waals surface area contributed by atoms with Gasteiger partial charge in [0.15, 0.2) is 6.29 Å². The number of carbonyl (C=O) groups excluding carboxylic acids is 1. The van der Waals surface area contributed by atoms with E-state index >= 15 is 0 Å². The molecule has 72 valence electrons. The van der Waals surface area contributed by atoms with Crippen molar-refractivity contribution in [3.63, 3.8) is 0 Å². The van der Waals surface area contributed by atoms with Gasteiger partial charge in [0.1, 0.15) is 0 Å². The highest BCUT2D eigenvalue weighted by atomic mass is 16.1. The number of carbonyl (C=O) groups is 1. The van der Waals surface area contributed by atoms with Crippen LogP contribution in [0.4, 0.5) is 0 Å². The molecule has 0 bridgehead atoms. The van der Waals surface area contributed by atoms with Crippen molar-refractivity contribution >= 4 is 6.29 Å². The minimum Gasteiger partial charge on any atom is -0.298 e. The topological polar surface area (TPSA) is 17.1 Å². The highest BCUT2D eigenvalue weighted by molar-refractivity contribution is 5.79. The van der Waals surface area contributed by atoms with Crippen LogP contribution < -0.4 is 0 Å². The summed E-state index contributed by atoms with van der Waals surface area (Å²) in [6.07, 6.45) is 1.86. The molecule has 0 amide bonds. The lowest BCUT2D eigenvalue weighted by molar-refractivity contribution is 0.112. The summed E-state index contributed by atoms with van der Waals surface area (Å²) in [5.41, 5.74) is 3.06. The summed E-state index contributed by atoms with van der Waals surface area (Å²) >= 11 is 0. The van der Waals surface area contributed by atoms with E-state index in [1.807, 2.05) is 39.0 Å². The van der Waals surface area contributed by atoms with Crippen LogP contribution in [0.25, 0.3) is 0 Å². The third-order valence-electron chi connectivity index (χ3n) is 1.91. The Balaban J connectivity index is 0.000000671. The molecular formula is C12H18O. The molecule has 0 spiro atoms. The maximum Gasteiger partial charge on any atom is 0.150 e. The molecule has 13 heavy (non-hydrogen) atoms. The predicted octanol–water partition coefficient (Wildman–Crippen LogP) is 3.40. The Morgan fingerprint density at radius 3 is 2.31 bits per heavy atom. The lowest BCUT2D eigenvalue weighted by Gasteiger charge is -2.03. The SMILES string of the molecule is CC.CCc1cccc(C)c1C=O. The molecular weight excluding hydrogens is 160 g/mol. The molecule has 0 aliphatic heterocycles. The number of hydrogen-bond acceptors (Lipinski definition) is 1. The van der Waals surface area contributed by atoms with E-state index < -0.39 is 0 Å².